The zero-order valence-corrected chi connectivity index (χ0v) is 13.1. The van der Waals surface area contributed by atoms with Gasteiger partial charge in [0.1, 0.15) is 11.4 Å². The number of hydrogen-bond donors (Lipinski definition) is 2. The highest BCUT2D eigenvalue weighted by Crippen LogP contribution is 2.29. The highest BCUT2D eigenvalue weighted by molar-refractivity contribution is 5.85. The number of amides is 1. The van der Waals surface area contributed by atoms with Gasteiger partial charge in [0.25, 0.3) is 0 Å². The summed E-state index contributed by atoms with van der Waals surface area (Å²) in [6.45, 7) is 5.52. The summed E-state index contributed by atoms with van der Waals surface area (Å²) in [4.78, 5) is 15.2. The summed E-state index contributed by atoms with van der Waals surface area (Å²) in [5, 5.41) is 3.82. The second-order valence-electron chi connectivity index (χ2n) is 6.86. The van der Waals surface area contributed by atoms with Crippen molar-refractivity contribution in [3.05, 3.63) is 35.3 Å². The fourth-order valence-corrected chi connectivity index (χ4v) is 2.99. The van der Waals surface area contributed by atoms with Crippen LogP contribution in [0.3, 0.4) is 0 Å². The molecule has 0 saturated heterocycles. The minimum atomic E-state index is -0.506. The summed E-state index contributed by atoms with van der Waals surface area (Å²) in [7, 11) is 0. The monoisotopic (exact) mass is 304 g/mol. The number of rotatable bonds is 1. The van der Waals surface area contributed by atoms with E-state index in [9.17, 15) is 9.18 Å². The van der Waals surface area contributed by atoms with Gasteiger partial charge in [-0.1, -0.05) is 0 Å². The molecule has 0 aliphatic heterocycles. The van der Waals surface area contributed by atoms with Gasteiger partial charge in [-0.15, -0.1) is 0 Å². The first kappa shape index (κ1) is 14.9. The Kier molecular flexibility index (Phi) is 3.59. The maximum absolute atomic E-state index is 13.5. The van der Waals surface area contributed by atoms with Crippen LogP contribution >= 0.6 is 0 Å². The number of alkyl carbamates (subject to hydrolysis) is 1. The second kappa shape index (κ2) is 5.30. The molecule has 5 heteroatoms. The maximum atomic E-state index is 13.5. The van der Waals surface area contributed by atoms with Crippen LogP contribution in [0.5, 0.6) is 0 Å². The van der Waals surface area contributed by atoms with Gasteiger partial charge in [-0.2, -0.15) is 0 Å². The normalized spacial score (nSPS) is 18.1. The van der Waals surface area contributed by atoms with Gasteiger partial charge in [0.05, 0.1) is 0 Å². The van der Waals surface area contributed by atoms with Crippen molar-refractivity contribution >= 4 is 17.0 Å². The molecule has 0 spiro atoms. The highest BCUT2D eigenvalue weighted by Gasteiger charge is 2.25. The number of benzene rings is 1. The summed E-state index contributed by atoms with van der Waals surface area (Å²) >= 11 is 0. The summed E-state index contributed by atoms with van der Waals surface area (Å²) in [5.74, 6) is -0.239. The van der Waals surface area contributed by atoms with E-state index < -0.39 is 11.7 Å². The number of nitrogens with one attached hydrogen (secondary N) is 2. The van der Waals surface area contributed by atoms with Crippen LogP contribution in [0.2, 0.25) is 0 Å². The van der Waals surface area contributed by atoms with Gasteiger partial charge in [-0.25, -0.2) is 9.18 Å². The van der Waals surface area contributed by atoms with E-state index in [-0.39, 0.29) is 11.9 Å². The molecule has 1 aliphatic carbocycles. The molecule has 118 valence electrons. The van der Waals surface area contributed by atoms with Gasteiger partial charge >= 0.3 is 6.09 Å². The molecule has 1 atom stereocenters. The Labute approximate surface area is 129 Å². The zero-order valence-electron chi connectivity index (χ0n) is 13.1. The van der Waals surface area contributed by atoms with E-state index in [0.29, 0.717) is 6.42 Å². The zero-order chi connectivity index (χ0) is 15.9. The summed E-state index contributed by atoms with van der Waals surface area (Å²) < 4.78 is 18.8. The van der Waals surface area contributed by atoms with Crippen molar-refractivity contribution in [1.29, 1.82) is 0 Å². The number of fused-ring (bicyclic) bond motifs is 3. The Morgan fingerprint density at radius 2 is 2.18 bits per heavy atom. The molecule has 22 heavy (non-hydrogen) atoms. The van der Waals surface area contributed by atoms with Crippen LogP contribution in [-0.2, 0) is 17.6 Å². The van der Waals surface area contributed by atoms with Crippen molar-refractivity contribution in [1.82, 2.24) is 10.3 Å². The lowest BCUT2D eigenvalue weighted by Gasteiger charge is -2.26. The van der Waals surface area contributed by atoms with Crippen LogP contribution in [0.1, 0.15) is 38.4 Å². The molecule has 2 N–H and O–H groups in total. The number of hydrogen-bond acceptors (Lipinski definition) is 2. The van der Waals surface area contributed by atoms with Gasteiger partial charge in [0.15, 0.2) is 0 Å². The van der Waals surface area contributed by atoms with Crippen molar-refractivity contribution in [3.8, 4) is 0 Å². The van der Waals surface area contributed by atoms with E-state index >= 15 is 0 Å². The van der Waals surface area contributed by atoms with Gasteiger partial charge in [0.2, 0.25) is 0 Å². The van der Waals surface area contributed by atoms with E-state index in [1.807, 2.05) is 20.8 Å². The third-order valence-electron chi connectivity index (χ3n) is 3.87. The molecular formula is C17H21FN2O2. The summed E-state index contributed by atoms with van der Waals surface area (Å²) in [6.07, 6.45) is 1.98. The molecule has 0 fully saturated rings. The molecule has 4 nitrogen and oxygen atoms in total. The number of carbonyl (C=O) groups excluding carboxylic acids is 1. The van der Waals surface area contributed by atoms with Crippen molar-refractivity contribution in [3.63, 3.8) is 0 Å². The molecule has 1 heterocycles. The number of aryl methyl sites for hydroxylation is 1. The highest BCUT2D eigenvalue weighted by atomic mass is 19.1. The van der Waals surface area contributed by atoms with Crippen LogP contribution in [0, 0.1) is 5.82 Å². The molecule has 1 unspecified atom stereocenters. The summed E-state index contributed by atoms with van der Waals surface area (Å²) in [5.41, 5.74) is 2.68. The van der Waals surface area contributed by atoms with E-state index in [4.69, 9.17) is 4.74 Å². The standard InChI is InChI=1S/C17H21FN2O2/c1-17(2,3)22-16(21)19-11-5-7-15-13(9-11)12-8-10(18)4-6-14(12)20-15/h4,6,8,11,20H,5,7,9H2,1-3H3,(H,19,21). The Hall–Kier alpha value is -2.04. The van der Waals surface area contributed by atoms with E-state index in [0.717, 1.165) is 35.0 Å². The maximum Gasteiger partial charge on any atom is 0.407 e. The van der Waals surface area contributed by atoms with Gasteiger partial charge in [0, 0.05) is 22.6 Å². The fourth-order valence-electron chi connectivity index (χ4n) is 2.99. The molecule has 1 amide bonds. The SMILES string of the molecule is CC(C)(C)OC(=O)NC1CCc2[nH]c3ccc(F)cc3c2C1. The van der Waals surface area contributed by atoms with Crippen LogP contribution in [0.4, 0.5) is 9.18 Å². The Bertz CT molecular complexity index is 715. The third-order valence-corrected chi connectivity index (χ3v) is 3.87. The number of aromatic amines is 1. The van der Waals surface area contributed by atoms with Crippen LogP contribution in [-0.4, -0.2) is 22.7 Å². The topological polar surface area (TPSA) is 54.1 Å². The Balaban J connectivity index is 1.77. The van der Waals surface area contributed by atoms with Crippen LogP contribution < -0.4 is 5.32 Å². The average Bonchev–Trinajstić information content (AvgIpc) is 2.74. The molecule has 1 aromatic heterocycles. The molecule has 0 bridgehead atoms. The predicted octanol–water partition coefficient (Wildman–Crippen LogP) is 3.69. The van der Waals surface area contributed by atoms with E-state index in [1.165, 1.54) is 6.07 Å². The van der Waals surface area contributed by atoms with Gasteiger partial charge in [-0.3, -0.25) is 0 Å². The minimum Gasteiger partial charge on any atom is -0.444 e. The minimum absolute atomic E-state index is 0.0182. The molecule has 2 aromatic rings. The smallest absolute Gasteiger partial charge is 0.407 e. The number of halogens is 1. The summed E-state index contributed by atoms with van der Waals surface area (Å²) in [6, 6.07) is 4.80. The van der Waals surface area contributed by atoms with Crippen molar-refractivity contribution in [2.75, 3.05) is 0 Å². The lowest BCUT2D eigenvalue weighted by Crippen LogP contribution is -2.41. The van der Waals surface area contributed by atoms with Gasteiger partial charge in [-0.05, 0) is 63.8 Å². The van der Waals surface area contributed by atoms with E-state index in [2.05, 4.69) is 10.3 Å². The largest absolute Gasteiger partial charge is 0.444 e. The Morgan fingerprint density at radius 3 is 2.91 bits per heavy atom. The first-order valence-electron chi connectivity index (χ1n) is 7.60. The number of carbonyl (C=O) groups is 1. The molecule has 1 aromatic carbocycles. The molecule has 0 radical (unpaired) electrons. The lowest BCUT2D eigenvalue weighted by molar-refractivity contribution is 0.0500. The molecular weight excluding hydrogens is 283 g/mol. The molecule has 1 aliphatic rings. The first-order chi connectivity index (χ1) is 10.3. The van der Waals surface area contributed by atoms with Crippen molar-refractivity contribution in [2.45, 2.75) is 51.7 Å². The fraction of sp³-hybridized carbons (Fsp3) is 0.471. The first-order valence-corrected chi connectivity index (χ1v) is 7.60. The molecule has 3 rings (SSSR count). The second-order valence-corrected chi connectivity index (χ2v) is 6.86. The number of H-pyrrole nitrogens is 1. The average molecular weight is 304 g/mol. The quantitative estimate of drug-likeness (QED) is 0.844. The third kappa shape index (κ3) is 3.08. The van der Waals surface area contributed by atoms with E-state index in [1.54, 1.807) is 12.1 Å². The van der Waals surface area contributed by atoms with Crippen molar-refractivity contribution < 1.29 is 13.9 Å². The van der Waals surface area contributed by atoms with Crippen molar-refractivity contribution in [2.24, 2.45) is 0 Å². The van der Waals surface area contributed by atoms with Crippen LogP contribution in [0.15, 0.2) is 18.2 Å². The Morgan fingerprint density at radius 1 is 1.41 bits per heavy atom. The predicted molar refractivity (Wildman–Crippen MR) is 83.4 cm³/mol. The lowest BCUT2D eigenvalue weighted by atomic mass is 9.91. The molecule has 0 saturated carbocycles. The number of ether oxygens (including phenoxy) is 1. The number of aromatic nitrogens is 1. The van der Waals surface area contributed by atoms with Crippen LogP contribution in [0.25, 0.3) is 10.9 Å². The van der Waals surface area contributed by atoms with Gasteiger partial charge < -0.3 is 15.0 Å².